The third kappa shape index (κ3) is 7.67. The molecule has 3 rings (SSSR count). The molecule has 0 saturated carbocycles. The predicted molar refractivity (Wildman–Crippen MR) is 98.0 cm³/mol. The van der Waals surface area contributed by atoms with E-state index in [0.717, 1.165) is 30.1 Å². The zero-order valence-corrected chi connectivity index (χ0v) is 15.1. The van der Waals surface area contributed by atoms with E-state index >= 15 is 0 Å². The van der Waals surface area contributed by atoms with Crippen molar-refractivity contribution in [2.24, 2.45) is 0 Å². The molecule has 8 heteroatoms. The van der Waals surface area contributed by atoms with Crippen molar-refractivity contribution in [3.8, 4) is 11.5 Å². The van der Waals surface area contributed by atoms with Crippen LogP contribution in [0.2, 0.25) is 0 Å². The fourth-order valence-corrected chi connectivity index (χ4v) is 2.75. The largest absolute Gasteiger partial charge is 0.473 e. The molecular weight excluding hydrogens is 354 g/mol. The number of aliphatic carboxylic acids is 2. The van der Waals surface area contributed by atoms with Gasteiger partial charge in [-0.3, -0.25) is 0 Å². The van der Waals surface area contributed by atoms with Crippen LogP contribution in [0.3, 0.4) is 0 Å². The summed E-state index contributed by atoms with van der Waals surface area (Å²) in [5, 5.41) is 14.8. The standard InChI is InChI=1S/C17H23NO3.C2H2O4/c1-2-9-18(8-1)10-4-12-19-11-3-5-15-6-7-16-17(13-15)21-14-20-16;3-1(4)2(5)6/h3,5-7,13H,1-2,4,8-12,14H2;(H,3,4)(H,5,6)/b5-3+;. The molecule has 148 valence electrons. The first-order valence-electron chi connectivity index (χ1n) is 8.89. The summed E-state index contributed by atoms with van der Waals surface area (Å²) in [5.74, 6) is -2.00. The van der Waals surface area contributed by atoms with E-state index in [2.05, 4.69) is 11.0 Å². The van der Waals surface area contributed by atoms with Crippen molar-refractivity contribution in [3.05, 3.63) is 29.8 Å². The second-order valence-corrected chi connectivity index (χ2v) is 6.10. The molecular formula is C19H25NO7. The molecule has 8 nitrogen and oxygen atoms in total. The molecule has 1 saturated heterocycles. The summed E-state index contributed by atoms with van der Waals surface area (Å²) < 4.78 is 16.3. The fraction of sp³-hybridized carbons (Fsp3) is 0.474. The molecule has 1 fully saturated rings. The number of hydrogen-bond acceptors (Lipinski definition) is 6. The van der Waals surface area contributed by atoms with Gasteiger partial charge in [-0.25, -0.2) is 9.59 Å². The van der Waals surface area contributed by atoms with Gasteiger partial charge in [0.25, 0.3) is 0 Å². The zero-order valence-electron chi connectivity index (χ0n) is 15.1. The Hall–Kier alpha value is -2.58. The van der Waals surface area contributed by atoms with E-state index in [1.54, 1.807) is 0 Å². The number of hydrogen-bond donors (Lipinski definition) is 2. The number of likely N-dealkylation sites (tertiary alicyclic amines) is 1. The van der Waals surface area contributed by atoms with Crippen LogP contribution < -0.4 is 9.47 Å². The molecule has 0 amide bonds. The van der Waals surface area contributed by atoms with Gasteiger partial charge >= 0.3 is 11.9 Å². The van der Waals surface area contributed by atoms with Gasteiger partial charge in [-0.1, -0.05) is 18.2 Å². The molecule has 2 aliphatic heterocycles. The van der Waals surface area contributed by atoms with Crippen LogP contribution in [-0.4, -0.2) is 66.7 Å². The van der Waals surface area contributed by atoms with Gasteiger partial charge in [0.1, 0.15) is 0 Å². The maximum absolute atomic E-state index is 9.10. The smallest absolute Gasteiger partial charge is 0.414 e. The van der Waals surface area contributed by atoms with E-state index in [4.69, 9.17) is 34.0 Å². The second kappa shape index (κ2) is 11.2. The van der Waals surface area contributed by atoms with Gasteiger partial charge in [-0.05, 0) is 50.0 Å². The van der Waals surface area contributed by atoms with E-state index in [1.165, 1.54) is 32.5 Å². The van der Waals surface area contributed by atoms with Crippen molar-refractivity contribution < 1.29 is 34.0 Å². The summed E-state index contributed by atoms with van der Waals surface area (Å²) in [4.78, 5) is 20.7. The van der Waals surface area contributed by atoms with Gasteiger partial charge in [-0.15, -0.1) is 0 Å². The SMILES string of the molecule is C(=C\c1ccc2c(c1)OCO2)/COCCCN1CCCC1.O=C(O)C(=O)O. The van der Waals surface area contributed by atoms with Crippen LogP contribution in [0.4, 0.5) is 0 Å². The highest BCUT2D eigenvalue weighted by Crippen LogP contribution is 2.32. The van der Waals surface area contributed by atoms with E-state index in [0.29, 0.717) is 13.4 Å². The molecule has 2 heterocycles. The second-order valence-electron chi connectivity index (χ2n) is 6.10. The van der Waals surface area contributed by atoms with Gasteiger partial charge in [-0.2, -0.15) is 0 Å². The number of carboxylic acids is 2. The number of carbonyl (C=O) groups is 2. The molecule has 0 spiro atoms. The van der Waals surface area contributed by atoms with Gasteiger partial charge in [0.15, 0.2) is 11.5 Å². The summed E-state index contributed by atoms with van der Waals surface area (Å²) in [6.07, 6.45) is 7.95. The van der Waals surface area contributed by atoms with Gasteiger partial charge in [0.2, 0.25) is 6.79 Å². The molecule has 0 aromatic heterocycles. The Kier molecular flexibility index (Phi) is 8.60. The van der Waals surface area contributed by atoms with Crippen LogP contribution in [0.1, 0.15) is 24.8 Å². The monoisotopic (exact) mass is 379 g/mol. The van der Waals surface area contributed by atoms with Crippen LogP contribution >= 0.6 is 0 Å². The van der Waals surface area contributed by atoms with Crippen LogP contribution in [0.15, 0.2) is 24.3 Å². The third-order valence-corrected chi connectivity index (χ3v) is 4.07. The first kappa shape index (κ1) is 20.7. The Bertz CT molecular complexity index is 641. The molecule has 0 bridgehead atoms. The Labute approximate surface area is 157 Å². The maximum Gasteiger partial charge on any atom is 0.414 e. The van der Waals surface area contributed by atoms with Gasteiger partial charge in [0, 0.05) is 13.2 Å². The molecule has 0 unspecified atom stereocenters. The lowest BCUT2D eigenvalue weighted by Gasteiger charge is -2.13. The molecule has 2 aliphatic rings. The van der Waals surface area contributed by atoms with Crippen molar-refractivity contribution in [3.63, 3.8) is 0 Å². The minimum Gasteiger partial charge on any atom is -0.473 e. The molecule has 1 aromatic rings. The molecule has 1 aromatic carbocycles. The van der Waals surface area contributed by atoms with Crippen molar-refractivity contribution in [1.82, 2.24) is 4.90 Å². The number of benzene rings is 1. The average Bonchev–Trinajstić information content (AvgIpc) is 3.32. The van der Waals surface area contributed by atoms with E-state index < -0.39 is 11.9 Å². The summed E-state index contributed by atoms with van der Waals surface area (Å²) >= 11 is 0. The summed E-state index contributed by atoms with van der Waals surface area (Å²) in [6, 6.07) is 5.96. The van der Waals surface area contributed by atoms with Crippen molar-refractivity contribution in [2.75, 3.05) is 39.6 Å². The topological polar surface area (TPSA) is 106 Å². The minimum absolute atomic E-state index is 0.322. The predicted octanol–water partition coefficient (Wildman–Crippen LogP) is 2.09. The first-order chi connectivity index (χ1) is 13.1. The van der Waals surface area contributed by atoms with E-state index in [-0.39, 0.29) is 0 Å². The lowest BCUT2D eigenvalue weighted by Crippen LogP contribution is -2.21. The number of ether oxygens (including phenoxy) is 3. The summed E-state index contributed by atoms with van der Waals surface area (Å²) in [7, 11) is 0. The lowest BCUT2D eigenvalue weighted by molar-refractivity contribution is -0.159. The molecule has 2 N–H and O–H groups in total. The summed E-state index contributed by atoms with van der Waals surface area (Å²) in [5.41, 5.74) is 1.11. The number of rotatable bonds is 7. The van der Waals surface area contributed by atoms with Gasteiger partial charge < -0.3 is 29.3 Å². The minimum atomic E-state index is -1.82. The Morgan fingerprint density at radius 1 is 1.11 bits per heavy atom. The number of fused-ring (bicyclic) bond motifs is 1. The van der Waals surface area contributed by atoms with Crippen molar-refractivity contribution >= 4 is 18.0 Å². The maximum atomic E-state index is 9.10. The van der Waals surface area contributed by atoms with Crippen LogP contribution in [0, 0.1) is 0 Å². The first-order valence-corrected chi connectivity index (χ1v) is 8.89. The highest BCUT2D eigenvalue weighted by Gasteiger charge is 2.12. The highest BCUT2D eigenvalue weighted by atomic mass is 16.7. The number of nitrogens with zero attached hydrogens (tertiary/aromatic N) is 1. The Morgan fingerprint density at radius 3 is 2.52 bits per heavy atom. The molecule has 0 aliphatic carbocycles. The van der Waals surface area contributed by atoms with Crippen molar-refractivity contribution in [2.45, 2.75) is 19.3 Å². The third-order valence-electron chi connectivity index (χ3n) is 4.07. The Balaban J connectivity index is 0.000000380. The average molecular weight is 379 g/mol. The summed E-state index contributed by atoms with van der Waals surface area (Å²) in [6.45, 7) is 5.53. The quantitative estimate of drug-likeness (QED) is 0.548. The van der Waals surface area contributed by atoms with Crippen molar-refractivity contribution in [1.29, 1.82) is 0 Å². The normalized spacial score (nSPS) is 15.6. The number of carboxylic acid groups (broad SMARTS) is 2. The Morgan fingerprint density at radius 2 is 1.81 bits per heavy atom. The molecule has 27 heavy (non-hydrogen) atoms. The van der Waals surface area contributed by atoms with E-state index in [1.807, 2.05) is 24.3 Å². The lowest BCUT2D eigenvalue weighted by atomic mass is 10.2. The van der Waals surface area contributed by atoms with Crippen LogP contribution in [0.5, 0.6) is 11.5 Å². The van der Waals surface area contributed by atoms with E-state index in [9.17, 15) is 0 Å². The molecule has 0 atom stereocenters. The molecule has 0 radical (unpaired) electrons. The zero-order chi connectivity index (χ0) is 19.5. The fourth-order valence-electron chi connectivity index (χ4n) is 2.75. The van der Waals surface area contributed by atoms with Gasteiger partial charge in [0.05, 0.1) is 6.61 Å². The highest BCUT2D eigenvalue weighted by molar-refractivity contribution is 6.27. The van der Waals surface area contributed by atoms with Crippen LogP contribution in [0.25, 0.3) is 6.08 Å². The van der Waals surface area contributed by atoms with Crippen LogP contribution in [-0.2, 0) is 14.3 Å².